The summed E-state index contributed by atoms with van der Waals surface area (Å²) in [5.74, 6) is 0.283. The zero-order valence-electron chi connectivity index (χ0n) is 14.5. The van der Waals surface area contributed by atoms with Crippen molar-refractivity contribution in [1.82, 2.24) is 13.7 Å². The Balaban J connectivity index is 1.95. The fraction of sp³-hybridized carbons (Fsp3) is 0.333. The molecule has 6 nitrogen and oxygen atoms in total. The lowest BCUT2D eigenvalue weighted by molar-refractivity contribution is 0.281. The Kier molecular flexibility index (Phi) is 4.66. The second-order valence-electron chi connectivity index (χ2n) is 6.90. The third kappa shape index (κ3) is 3.23. The van der Waals surface area contributed by atoms with Gasteiger partial charge in [-0.05, 0) is 43.0 Å². The van der Waals surface area contributed by atoms with Crippen LogP contribution in [-0.4, -0.2) is 35.2 Å². The second kappa shape index (κ2) is 6.74. The van der Waals surface area contributed by atoms with Gasteiger partial charge in [-0.25, -0.2) is 8.42 Å². The smallest absolute Gasteiger partial charge is 0.281 e. The van der Waals surface area contributed by atoms with Gasteiger partial charge in [0.05, 0.1) is 20.9 Å². The first-order valence-corrected chi connectivity index (χ1v) is 10.8. The lowest BCUT2D eigenvalue weighted by Crippen LogP contribution is -2.39. The van der Waals surface area contributed by atoms with Gasteiger partial charge in [0, 0.05) is 19.3 Å². The van der Waals surface area contributed by atoms with Gasteiger partial charge < -0.3 is 0 Å². The zero-order chi connectivity index (χ0) is 19.3. The Hall–Kier alpha value is -1.67. The summed E-state index contributed by atoms with van der Waals surface area (Å²) in [4.78, 5) is 16.4. The molecule has 9 heteroatoms. The van der Waals surface area contributed by atoms with Crippen molar-refractivity contribution in [2.45, 2.75) is 24.7 Å². The van der Waals surface area contributed by atoms with E-state index in [1.165, 1.54) is 16.4 Å². The van der Waals surface area contributed by atoms with Crippen LogP contribution in [0.15, 0.2) is 40.2 Å². The van der Waals surface area contributed by atoms with Crippen molar-refractivity contribution in [3.8, 4) is 0 Å². The number of hydrogen-bond donors (Lipinski definition) is 0. The molecule has 1 atom stereocenters. The van der Waals surface area contributed by atoms with Crippen LogP contribution in [-0.2, 0) is 10.0 Å². The monoisotopic (exact) mass is 425 g/mol. The van der Waals surface area contributed by atoms with E-state index in [9.17, 15) is 13.2 Å². The summed E-state index contributed by atoms with van der Waals surface area (Å²) in [6.45, 7) is 2.92. The zero-order valence-corrected chi connectivity index (χ0v) is 16.9. The molecule has 0 bridgehead atoms. The van der Waals surface area contributed by atoms with E-state index < -0.39 is 15.6 Å². The van der Waals surface area contributed by atoms with Crippen LogP contribution in [0.2, 0.25) is 10.0 Å². The summed E-state index contributed by atoms with van der Waals surface area (Å²) in [6.07, 6.45) is 3.41. The number of halogens is 2. The van der Waals surface area contributed by atoms with Crippen molar-refractivity contribution in [2.24, 2.45) is 5.92 Å². The molecule has 0 aliphatic carbocycles. The molecule has 4 rings (SSSR count). The number of hydrogen-bond acceptors (Lipinski definition) is 4. The number of sulfonamides is 1. The molecule has 1 aliphatic rings. The van der Waals surface area contributed by atoms with Gasteiger partial charge in [-0.15, -0.1) is 0 Å². The maximum atomic E-state index is 13.1. The minimum atomic E-state index is -3.80. The third-order valence-electron chi connectivity index (χ3n) is 4.88. The Bertz CT molecular complexity index is 1220. The van der Waals surface area contributed by atoms with Gasteiger partial charge >= 0.3 is 0 Å². The maximum Gasteiger partial charge on any atom is 0.281 e. The maximum absolute atomic E-state index is 13.1. The lowest BCUT2D eigenvalue weighted by Gasteiger charge is -2.30. The highest BCUT2D eigenvalue weighted by Gasteiger charge is 2.31. The lowest BCUT2D eigenvalue weighted by atomic mass is 10.0. The first-order valence-electron chi connectivity index (χ1n) is 8.59. The fourth-order valence-electron chi connectivity index (χ4n) is 3.53. The molecule has 0 spiro atoms. The largest absolute Gasteiger partial charge is 0.299 e. The Morgan fingerprint density at radius 1 is 1.22 bits per heavy atom. The average Bonchev–Trinajstić information content (AvgIpc) is 2.62. The van der Waals surface area contributed by atoms with E-state index in [2.05, 4.69) is 4.98 Å². The number of nitrogens with zero attached hydrogens (tertiary/aromatic N) is 3. The molecule has 1 aliphatic heterocycles. The Morgan fingerprint density at radius 3 is 2.74 bits per heavy atom. The highest BCUT2D eigenvalue weighted by atomic mass is 35.5. The molecular weight excluding hydrogens is 409 g/mol. The van der Waals surface area contributed by atoms with Gasteiger partial charge in [0.15, 0.2) is 0 Å². The highest BCUT2D eigenvalue weighted by Crippen LogP contribution is 2.31. The van der Waals surface area contributed by atoms with Crippen molar-refractivity contribution in [1.29, 1.82) is 0 Å². The topological polar surface area (TPSA) is 71.8 Å². The standard InChI is InChI=1S/C18H17Cl2N3O3S/c1-11-3-2-6-22(9-11)27(25,26)16-7-13-15(8-14(16)20)23-10-12(19)4-5-17(23)21-18(13)24/h4-5,7-8,10-11H,2-3,6,9H2,1H3. The number of fused-ring (bicyclic) bond motifs is 3. The van der Waals surface area contributed by atoms with Gasteiger partial charge in [-0.1, -0.05) is 30.1 Å². The first-order chi connectivity index (χ1) is 12.8. The van der Waals surface area contributed by atoms with E-state index in [1.807, 2.05) is 6.92 Å². The quantitative estimate of drug-likeness (QED) is 0.588. The van der Waals surface area contributed by atoms with Gasteiger partial charge in [0.2, 0.25) is 10.0 Å². The summed E-state index contributed by atoms with van der Waals surface area (Å²) in [7, 11) is -3.80. The molecule has 2 aromatic heterocycles. The number of aromatic nitrogens is 2. The molecule has 0 saturated carbocycles. The fourth-order valence-corrected chi connectivity index (χ4v) is 5.81. The molecule has 3 aromatic rings. The van der Waals surface area contributed by atoms with Crippen molar-refractivity contribution < 1.29 is 8.42 Å². The SMILES string of the molecule is CC1CCCN(S(=O)(=O)c2cc3c(=O)nc4ccc(Cl)cn4c3cc2Cl)C1. The number of benzene rings is 1. The summed E-state index contributed by atoms with van der Waals surface area (Å²) in [6, 6.07) is 6.07. The minimum Gasteiger partial charge on any atom is -0.299 e. The first kappa shape index (κ1) is 18.7. The van der Waals surface area contributed by atoms with E-state index in [0.717, 1.165) is 12.8 Å². The van der Waals surface area contributed by atoms with Gasteiger partial charge in [0.1, 0.15) is 10.5 Å². The molecule has 1 fully saturated rings. The predicted octanol–water partition coefficient (Wildman–Crippen LogP) is 3.58. The van der Waals surface area contributed by atoms with Crippen LogP contribution in [0.4, 0.5) is 0 Å². The highest BCUT2D eigenvalue weighted by molar-refractivity contribution is 7.89. The second-order valence-corrected chi connectivity index (χ2v) is 9.65. The summed E-state index contributed by atoms with van der Waals surface area (Å²) < 4.78 is 29.3. The molecule has 0 radical (unpaired) electrons. The molecule has 3 heterocycles. The van der Waals surface area contributed by atoms with E-state index in [-0.39, 0.29) is 21.2 Å². The Morgan fingerprint density at radius 2 is 2.00 bits per heavy atom. The van der Waals surface area contributed by atoms with Gasteiger partial charge in [-0.3, -0.25) is 9.20 Å². The van der Waals surface area contributed by atoms with Gasteiger partial charge in [0.25, 0.3) is 5.56 Å². The number of piperidine rings is 1. The third-order valence-corrected chi connectivity index (χ3v) is 7.44. The van der Waals surface area contributed by atoms with Crippen LogP contribution in [0.5, 0.6) is 0 Å². The Labute approximate surface area is 166 Å². The molecule has 142 valence electrons. The van der Waals surface area contributed by atoms with Crippen LogP contribution in [0.3, 0.4) is 0 Å². The van der Waals surface area contributed by atoms with Gasteiger partial charge in [-0.2, -0.15) is 9.29 Å². The van der Waals surface area contributed by atoms with Crippen LogP contribution in [0, 0.1) is 5.92 Å². The van der Waals surface area contributed by atoms with Crippen LogP contribution in [0.25, 0.3) is 16.6 Å². The van der Waals surface area contributed by atoms with Crippen LogP contribution < -0.4 is 5.56 Å². The van der Waals surface area contributed by atoms with Crippen molar-refractivity contribution >= 4 is 49.8 Å². The van der Waals surface area contributed by atoms with Crippen LogP contribution in [0.1, 0.15) is 19.8 Å². The molecule has 0 N–H and O–H groups in total. The normalized spacial score (nSPS) is 19.0. The molecular formula is C18H17Cl2N3O3S. The minimum absolute atomic E-state index is 0.0633. The van der Waals surface area contributed by atoms with E-state index in [4.69, 9.17) is 23.2 Å². The number of rotatable bonds is 2. The summed E-state index contributed by atoms with van der Waals surface area (Å²) in [5, 5.41) is 0.715. The van der Waals surface area contributed by atoms with E-state index in [1.54, 1.807) is 22.7 Å². The van der Waals surface area contributed by atoms with E-state index >= 15 is 0 Å². The van der Waals surface area contributed by atoms with Crippen molar-refractivity contribution in [3.63, 3.8) is 0 Å². The molecule has 1 aromatic carbocycles. The molecule has 1 saturated heterocycles. The predicted molar refractivity (Wildman–Crippen MR) is 106 cm³/mol. The van der Waals surface area contributed by atoms with Crippen LogP contribution >= 0.6 is 23.2 Å². The van der Waals surface area contributed by atoms with E-state index in [0.29, 0.717) is 29.3 Å². The summed E-state index contributed by atoms with van der Waals surface area (Å²) in [5.41, 5.74) is 0.365. The van der Waals surface area contributed by atoms with Crippen molar-refractivity contribution in [2.75, 3.05) is 13.1 Å². The molecule has 1 unspecified atom stereocenters. The molecule has 27 heavy (non-hydrogen) atoms. The number of pyridine rings is 1. The average molecular weight is 426 g/mol. The summed E-state index contributed by atoms with van der Waals surface area (Å²) >= 11 is 12.4. The molecule has 0 amide bonds. The van der Waals surface area contributed by atoms with Crippen molar-refractivity contribution in [3.05, 3.63) is 50.9 Å².